The summed E-state index contributed by atoms with van der Waals surface area (Å²) in [6, 6.07) is 6.86. The van der Waals surface area contributed by atoms with Crippen LogP contribution in [0, 0.1) is 0 Å². The Balaban J connectivity index is 1.31. The zero-order valence-electron chi connectivity index (χ0n) is 17.4. The van der Waals surface area contributed by atoms with Crippen molar-refractivity contribution in [3.05, 3.63) is 56.4 Å². The minimum absolute atomic E-state index is 0.140. The predicted octanol–water partition coefficient (Wildman–Crippen LogP) is 2.59. The van der Waals surface area contributed by atoms with Crippen molar-refractivity contribution in [3.8, 4) is 11.3 Å². The van der Waals surface area contributed by atoms with Gasteiger partial charge in [-0.2, -0.15) is 0 Å². The van der Waals surface area contributed by atoms with Crippen molar-refractivity contribution in [1.82, 2.24) is 14.8 Å². The third-order valence-corrected chi connectivity index (χ3v) is 6.94. The van der Waals surface area contributed by atoms with E-state index in [-0.39, 0.29) is 5.56 Å². The summed E-state index contributed by atoms with van der Waals surface area (Å²) in [6.07, 6.45) is 5.33. The van der Waals surface area contributed by atoms with E-state index in [1.165, 1.54) is 34.2 Å². The van der Waals surface area contributed by atoms with Crippen LogP contribution in [-0.2, 0) is 30.5 Å². The number of rotatable bonds is 5. The fourth-order valence-corrected chi connectivity index (χ4v) is 5.30. The molecule has 154 valence electrons. The number of piperazine rings is 1. The van der Waals surface area contributed by atoms with E-state index >= 15 is 0 Å². The summed E-state index contributed by atoms with van der Waals surface area (Å²) in [5.41, 5.74) is 9.01. The van der Waals surface area contributed by atoms with Gasteiger partial charge in [0.15, 0.2) is 0 Å². The Labute approximate surface area is 172 Å². The first-order chi connectivity index (χ1) is 14.2. The van der Waals surface area contributed by atoms with E-state index in [0.717, 1.165) is 82.8 Å². The summed E-state index contributed by atoms with van der Waals surface area (Å²) >= 11 is 0. The van der Waals surface area contributed by atoms with Crippen molar-refractivity contribution in [2.24, 2.45) is 0 Å². The maximum Gasteiger partial charge on any atom is 0.251 e. The number of hydrogen-bond acceptors (Lipinski definition) is 4. The van der Waals surface area contributed by atoms with Gasteiger partial charge in [0.1, 0.15) is 0 Å². The molecule has 5 nitrogen and oxygen atoms in total. The highest BCUT2D eigenvalue weighted by Gasteiger charge is 2.27. The molecule has 1 aromatic carbocycles. The molecular formula is C24H31N3O2. The maximum absolute atomic E-state index is 12.6. The molecule has 1 fully saturated rings. The van der Waals surface area contributed by atoms with E-state index in [9.17, 15) is 4.79 Å². The van der Waals surface area contributed by atoms with Crippen LogP contribution in [0.25, 0.3) is 11.3 Å². The molecule has 5 rings (SSSR count). The zero-order valence-corrected chi connectivity index (χ0v) is 17.4. The smallest absolute Gasteiger partial charge is 0.251 e. The van der Waals surface area contributed by atoms with Crippen LogP contribution in [-0.4, -0.2) is 61.2 Å². The van der Waals surface area contributed by atoms with Gasteiger partial charge in [0.05, 0.1) is 12.3 Å². The van der Waals surface area contributed by atoms with Crippen LogP contribution in [0.3, 0.4) is 0 Å². The number of aromatic nitrogens is 1. The minimum Gasteiger partial charge on any atom is -0.383 e. The zero-order chi connectivity index (χ0) is 19.8. The molecule has 0 atom stereocenters. The van der Waals surface area contributed by atoms with Crippen LogP contribution in [0.1, 0.15) is 40.7 Å². The van der Waals surface area contributed by atoms with Crippen LogP contribution in [0.5, 0.6) is 0 Å². The molecule has 0 amide bonds. The van der Waals surface area contributed by atoms with Crippen molar-refractivity contribution >= 4 is 0 Å². The first-order valence-corrected chi connectivity index (χ1v) is 11.1. The van der Waals surface area contributed by atoms with Gasteiger partial charge in [0.25, 0.3) is 5.56 Å². The Morgan fingerprint density at radius 1 is 1.00 bits per heavy atom. The molecule has 2 heterocycles. The highest BCUT2D eigenvalue weighted by atomic mass is 16.5. The van der Waals surface area contributed by atoms with Gasteiger partial charge in [-0.15, -0.1) is 0 Å². The van der Waals surface area contributed by atoms with Gasteiger partial charge < -0.3 is 9.72 Å². The molecule has 3 aliphatic rings. The lowest BCUT2D eigenvalue weighted by Crippen LogP contribution is -2.46. The van der Waals surface area contributed by atoms with Crippen LogP contribution in [0.15, 0.2) is 23.0 Å². The molecule has 2 aromatic rings. The Morgan fingerprint density at radius 3 is 2.55 bits per heavy atom. The number of methoxy groups -OCH3 is 1. The van der Waals surface area contributed by atoms with E-state index in [1.54, 1.807) is 7.11 Å². The normalized spacial score (nSPS) is 19.1. The lowest BCUT2D eigenvalue weighted by Gasteiger charge is -2.34. The van der Waals surface area contributed by atoms with Gasteiger partial charge in [-0.25, -0.2) is 0 Å². The third-order valence-electron chi connectivity index (χ3n) is 6.94. The highest BCUT2D eigenvalue weighted by Crippen LogP contribution is 2.39. The van der Waals surface area contributed by atoms with Crippen LogP contribution < -0.4 is 5.56 Å². The number of fused-ring (bicyclic) bond motifs is 5. The summed E-state index contributed by atoms with van der Waals surface area (Å²) in [7, 11) is 1.77. The molecule has 1 aliphatic heterocycles. The molecule has 0 unspecified atom stereocenters. The molecule has 1 N–H and O–H groups in total. The van der Waals surface area contributed by atoms with Gasteiger partial charge >= 0.3 is 0 Å². The number of benzene rings is 1. The molecule has 5 heteroatoms. The Kier molecular flexibility index (Phi) is 5.29. The van der Waals surface area contributed by atoms with Gasteiger partial charge in [-0.05, 0) is 47.9 Å². The Morgan fingerprint density at radius 2 is 1.76 bits per heavy atom. The van der Waals surface area contributed by atoms with Crippen LogP contribution in [0.2, 0.25) is 0 Å². The first kappa shape index (κ1) is 19.0. The average Bonchev–Trinajstić information content (AvgIpc) is 3.11. The molecule has 1 saturated heterocycles. The second kappa shape index (κ2) is 8.05. The van der Waals surface area contributed by atoms with Gasteiger partial charge in [0, 0.05) is 63.9 Å². The van der Waals surface area contributed by atoms with Gasteiger partial charge in [-0.1, -0.05) is 18.2 Å². The number of ether oxygens (including phenoxy) is 1. The van der Waals surface area contributed by atoms with E-state index in [2.05, 4.69) is 33.0 Å². The third kappa shape index (κ3) is 3.67. The van der Waals surface area contributed by atoms with Crippen molar-refractivity contribution in [2.75, 3.05) is 46.4 Å². The first-order valence-electron chi connectivity index (χ1n) is 11.1. The molecule has 0 spiro atoms. The summed E-state index contributed by atoms with van der Waals surface area (Å²) in [5.74, 6) is 0. The van der Waals surface area contributed by atoms with Crippen molar-refractivity contribution in [2.45, 2.75) is 38.6 Å². The summed E-state index contributed by atoms with van der Waals surface area (Å²) in [6.45, 7) is 7.32. The summed E-state index contributed by atoms with van der Waals surface area (Å²) in [4.78, 5) is 20.8. The van der Waals surface area contributed by atoms with Crippen molar-refractivity contribution in [1.29, 1.82) is 0 Å². The SMILES string of the molecule is COCCN1CCN(Cc2ccc3c(c2)Cc2c-3[nH]c(=O)c3c2CCCC3)CC1. The fourth-order valence-electron chi connectivity index (χ4n) is 5.30. The largest absolute Gasteiger partial charge is 0.383 e. The number of H-pyrrole nitrogens is 1. The molecule has 2 aliphatic carbocycles. The van der Waals surface area contributed by atoms with Crippen LogP contribution >= 0.6 is 0 Å². The number of nitrogens with one attached hydrogen (secondary N) is 1. The highest BCUT2D eigenvalue weighted by molar-refractivity contribution is 5.75. The Hall–Kier alpha value is -1.95. The maximum atomic E-state index is 12.6. The lowest BCUT2D eigenvalue weighted by molar-refractivity contribution is 0.0938. The summed E-state index contributed by atoms with van der Waals surface area (Å²) in [5, 5.41) is 0. The summed E-state index contributed by atoms with van der Waals surface area (Å²) < 4.78 is 5.20. The molecular weight excluding hydrogens is 362 g/mol. The van der Waals surface area contributed by atoms with Crippen LogP contribution in [0.4, 0.5) is 0 Å². The predicted molar refractivity (Wildman–Crippen MR) is 116 cm³/mol. The second-order valence-corrected chi connectivity index (χ2v) is 8.75. The molecule has 1 aromatic heterocycles. The molecule has 0 radical (unpaired) electrons. The molecule has 0 saturated carbocycles. The van der Waals surface area contributed by atoms with E-state index in [4.69, 9.17) is 4.74 Å². The molecule has 29 heavy (non-hydrogen) atoms. The number of nitrogens with zero attached hydrogens (tertiary/aromatic N) is 2. The standard InChI is InChI=1S/C24H31N3O2/c1-29-13-12-26-8-10-27(11-9-26)16-17-6-7-19-18(14-17)15-22-20-4-2-3-5-21(20)24(28)25-23(19)22/h6-7,14H,2-5,8-13,15-16H2,1H3,(H,25,28). The topological polar surface area (TPSA) is 48.6 Å². The number of hydrogen-bond donors (Lipinski definition) is 1. The lowest BCUT2D eigenvalue weighted by atomic mass is 9.88. The number of aromatic amines is 1. The van der Waals surface area contributed by atoms with E-state index in [0.29, 0.717) is 0 Å². The monoisotopic (exact) mass is 393 g/mol. The second-order valence-electron chi connectivity index (χ2n) is 8.75. The van der Waals surface area contributed by atoms with Gasteiger partial charge in [-0.3, -0.25) is 14.6 Å². The van der Waals surface area contributed by atoms with Gasteiger partial charge in [0.2, 0.25) is 0 Å². The average molecular weight is 394 g/mol. The minimum atomic E-state index is 0.140. The number of pyridine rings is 1. The molecule has 0 bridgehead atoms. The fraction of sp³-hybridized carbons (Fsp3) is 0.542. The quantitative estimate of drug-likeness (QED) is 0.724. The Bertz CT molecular complexity index is 957. The van der Waals surface area contributed by atoms with E-state index in [1.807, 2.05) is 0 Å². The van der Waals surface area contributed by atoms with E-state index < -0.39 is 0 Å². The van der Waals surface area contributed by atoms with Crippen molar-refractivity contribution < 1.29 is 4.74 Å². The van der Waals surface area contributed by atoms with Crippen molar-refractivity contribution in [3.63, 3.8) is 0 Å².